The lowest BCUT2D eigenvalue weighted by atomic mass is 9.59. The van der Waals surface area contributed by atoms with Crippen LogP contribution in [0.25, 0.3) is 0 Å². The monoisotopic (exact) mass is 595 g/mol. The molecule has 0 radical (unpaired) electrons. The fourth-order valence-electron chi connectivity index (χ4n) is 6.04. The molecule has 1 saturated carbocycles. The van der Waals surface area contributed by atoms with Crippen molar-refractivity contribution >= 4 is 35.1 Å². The van der Waals surface area contributed by atoms with Crippen LogP contribution < -0.4 is 11.1 Å². The third kappa shape index (κ3) is 5.54. The van der Waals surface area contributed by atoms with Gasteiger partial charge >= 0.3 is 5.97 Å². The number of halogens is 4. The number of hydrogen-bond acceptors (Lipinski definition) is 7. The van der Waals surface area contributed by atoms with E-state index in [1.807, 2.05) is 0 Å². The van der Waals surface area contributed by atoms with Crippen LogP contribution in [0.1, 0.15) is 42.7 Å². The van der Waals surface area contributed by atoms with E-state index in [-0.39, 0.29) is 33.7 Å². The molecule has 0 aromatic heterocycles. The van der Waals surface area contributed by atoms with Crippen molar-refractivity contribution in [3.05, 3.63) is 69.2 Å². The average molecular weight is 596 g/mol. The molecule has 2 aromatic carbocycles. The second kappa shape index (κ2) is 12.4. The van der Waals surface area contributed by atoms with Crippen molar-refractivity contribution in [3.8, 4) is 6.07 Å². The van der Waals surface area contributed by atoms with E-state index in [0.717, 1.165) is 25.3 Å². The first-order chi connectivity index (χ1) is 19.0. The maximum atomic E-state index is 15.7. The SMILES string of the molecule is N#C[C@]1(c2ccc(Cl)cc2F)[C@H](C(CO)C2CCC2)N[C@@H](C(=O)OC[C@@H](O)CC(N)=O)[C@@H]1c1cccc(Cl)c1F. The van der Waals surface area contributed by atoms with Gasteiger partial charge in [0.1, 0.15) is 29.7 Å². The molecular weight excluding hydrogens is 567 g/mol. The average Bonchev–Trinajstić information content (AvgIpc) is 3.21. The second-order valence-electron chi connectivity index (χ2n) is 10.3. The van der Waals surface area contributed by atoms with Gasteiger partial charge in [-0.25, -0.2) is 8.78 Å². The first-order valence-electron chi connectivity index (χ1n) is 12.9. The summed E-state index contributed by atoms with van der Waals surface area (Å²) >= 11 is 12.1. The third-order valence-electron chi connectivity index (χ3n) is 8.05. The maximum absolute atomic E-state index is 15.7. The zero-order valence-corrected chi connectivity index (χ0v) is 22.8. The summed E-state index contributed by atoms with van der Waals surface area (Å²) in [6.07, 6.45) is 0.539. The highest BCUT2D eigenvalue weighted by atomic mass is 35.5. The van der Waals surface area contributed by atoms with E-state index in [4.69, 9.17) is 33.7 Å². The number of hydrogen-bond donors (Lipinski definition) is 4. The highest BCUT2D eigenvalue weighted by Crippen LogP contribution is 2.54. The Labute approximate surface area is 240 Å². The van der Waals surface area contributed by atoms with Crippen molar-refractivity contribution in [2.24, 2.45) is 17.6 Å². The Hall–Kier alpha value is -2.81. The molecular formula is C28H29Cl2F2N3O5. The fourth-order valence-corrected chi connectivity index (χ4v) is 6.38. The standard InChI is InChI=1S/C28H29Cl2F2N3O5/c29-15-7-8-19(21(31)9-15)28(13-33)23(17-5-2-6-20(30)24(17)32)25(27(39)40-12-16(37)10-22(34)38)35-26(28)18(11-36)14-3-1-4-14/h2,5-9,14,16,18,23,25-26,35-37H,1,3-4,10-12H2,(H2,34,38)/t16-,18?,23-,25+,26-,28+/m0/s1. The lowest BCUT2D eigenvalue weighted by Crippen LogP contribution is -2.52. The topological polar surface area (TPSA) is 146 Å². The summed E-state index contributed by atoms with van der Waals surface area (Å²) in [7, 11) is 0. The number of ether oxygens (including phenoxy) is 1. The Bertz CT molecular complexity index is 1320. The molecule has 12 heteroatoms. The van der Waals surface area contributed by atoms with Crippen molar-refractivity contribution in [3.63, 3.8) is 0 Å². The van der Waals surface area contributed by atoms with Gasteiger partial charge in [0.05, 0.1) is 23.6 Å². The summed E-state index contributed by atoms with van der Waals surface area (Å²) in [5, 5.41) is 34.3. The molecule has 2 fully saturated rings. The van der Waals surface area contributed by atoms with Gasteiger partial charge in [-0.3, -0.25) is 14.9 Å². The molecule has 2 aliphatic rings. The maximum Gasteiger partial charge on any atom is 0.323 e. The minimum Gasteiger partial charge on any atom is -0.462 e. The Morgan fingerprint density at radius 1 is 1.25 bits per heavy atom. The van der Waals surface area contributed by atoms with Crippen LogP contribution in [-0.4, -0.2) is 53.5 Å². The number of nitriles is 1. The first-order valence-corrected chi connectivity index (χ1v) is 13.6. The van der Waals surface area contributed by atoms with Gasteiger partial charge < -0.3 is 20.7 Å². The van der Waals surface area contributed by atoms with Crippen LogP contribution in [0.2, 0.25) is 10.0 Å². The Morgan fingerprint density at radius 2 is 1.98 bits per heavy atom. The number of esters is 1. The molecule has 1 aliphatic carbocycles. The van der Waals surface area contributed by atoms with Crippen LogP contribution in [0, 0.1) is 34.8 Å². The van der Waals surface area contributed by atoms with E-state index < -0.39 is 72.0 Å². The summed E-state index contributed by atoms with van der Waals surface area (Å²) in [5.41, 5.74) is 2.89. The van der Waals surface area contributed by atoms with Gasteiger partial charge in [0.25, 0.3) is 0 Å². The third-order valence-corrected chi connectivity index (χ3v) is 8.58. The molecule has 0 bridgehead atoms. The van der Waals surface area contributed by atoms with E-state index in [0.29, 0.717) is 0 Å². The molecule has 8 nitrogen and oxygen atoms in total. The highest BCUT2D eigenvalue weighted by Gasteiger charge is 2.63. The van der Waals surface area contributed by atoms with Gasteiger partial charge in [-0.1, -0.05) is 60.7 Å². The molecule has 1 aliphatic heterocycles. The predicted octanol–water partition coefficient (Wildman–Crippen LogP) is 3.35. The van der Waals surface area contributed by atoms with Crippen LogP contribution in [-0.2, 0) is 19.7 Å². The number of benzene rings is 2. The molecule has 1 amide bonds. The summed E-state index contributed by atoms with van der Waals surface area (Å²) in [6.45, 7) is -0.985. The molecule has 1 heterocycles. The molecule has 40 heavy (non-hydrogen) atoms. The number of primary amides is 1. The molecule has 214 valence electrons. The van der Waals surface area contributed by atoms with E-state index >= 15 is 8.78 Å². The fraction of sp³-hybridized carbons (Fsp3) is 0.464. The zero-order chi connectivity index (χ0) is 29.2. The molecule has 0 spiro atoms. The van der Waals surface area contributed by atoms with Gasteiger partial charge in [-0.05, 0) is 29.7 Å². The zero-order valence-electron chi connectivity index (χ0n) is 21.3. The van der Waals surface area contributed by atoms with Crippen LogP contribution in [0.3, 0.4) is 0 Å². The highest BCUT2D eigenvalue weighted by molar-refractivity contribution is 6.31. The molecule has 5 N–H and O–H groups in total. The van der Waals surface area contributed by atoms with Crippen molar-refractivity contribution in [2.75, 3.05) is 13.2 Å². The molecule has 1 saturated heterocycles. The van der Waals surface area contributed by atoms with E-state index in [1.165, 1.54) is 30.3 Å². The second-order valence-corrected chi connectivity index (χ2v) is 11.2. The summed E-state index contributed by atoms with van der Waals surface area (Å²) < 4.78 is 36.7. The molecule has 2 aromatic rings. The summed E-state index contributed by atoms with van der Waals surface area (Å²) in [5.74, 6) is -5.56. The van der Waals surface area contributed by atoms with Gasteiger partial charge in [-0.2, -0.15) is 5.26 Å². The number of carbonyl (C=O) groups is 2. The lowest BCUT2D eigenvalue weighted by Gasteiger charge is -2.43. The largest absolute Gasteiger partial charge is 0.462 e. The quantitative estimate of drug-likeness (QED) is 0.308. The number of carbonyl (C=O) groups excluding carboxylic acids is 2. The normalized spacial score (nSPS) is 26.0. The number of nitrogens with two attached hydrogens (primary N) is 1. The van der Waals surface area contributed by atoms with Gasteiger partial charge in [0, 0.05) is 35.1 Å². The van der Waals surface area contributed by atoms with Crippen LogP contribution in [0.4, 0.5) is 8.78 Å². The van der Waals surface area contributed by atoms with E-state index in [2.05, 4.69) is 11.4 Å². The Balaban J connectivity index is 1.91. The van der Waals surface area contributed by atoms with Crippen LogP contribution in [0.5, 0.6) is 0 Å². The number of amides is 1. The van der Waals surface area contributed by atoms with Gasteiger partial charge in [0.15, 0.2) is 0 Å². The summed E-state index contributed by atoms with van der Waals surface area (Å²) in [4.78, 5) is 24.7. The smallest absolute Gasteiger partial charge is 0.323 e. The number of nitrogens with one attached hydrogen (secondary N) is 1. The lowest BCUT2D eigenvalue weighted by molar-refractivity contribution is -0.150. The van der Waals surface area contributed by atoms with Gasteiger partial charge in [-0.15, -0.1) is 0 Å². The molecule has 6 atom stereocenters. The number of nitrogens with zero attached hydrogens (tertiary/aromatic N) is 1. The number of aliphatic hydroxyl groups is 2. The number of aliphatic hydroxyl groups excluding tert-OH is 2. The summed E-state index contributed by atoms with van der Waals surface area (Å²) in [6, 6.07) is 7.60. The van der Waals surface area contributed by atoms with Crippen molar-refractivity contribution < 1.29 is 33.3 Å². The predicted molar refractivity (Wildman–Crippen MR) is 142 cm³/mol. The Kier molecular flexibility index (Phi) is 9.33. The van der Waals surface area contributed by atoms with E-state index in [9.17, 15) is 25.1 Å². The van der Waals surface area contributed by atoms with Gasteiger partial charge in [0.2, 0.25) is 5.91 Å². The first kappa shape index (κ1) is 30.2. The van der Waals surface area contributed by atoms with Crippen LogP contribution in [0.15, 0.2) is 36.4 Å². The number of rotatable bonds is 10. The van der Waals surface area contributed by atoms with Crippen molar-refractivity contribution in [1.82, 2.24) is 5.32 Å². The minimum atomic E-state index is -1.93. The minimum absolute atomic E-state index is 0.0393. The molecule has 4 rings (SSSR count). The van der Waals surface area contributed by atoms with Crippen molar-refractivity contribution in [2.45, 2.75) is 55.2 Å². The molecule has 1 unspecified atom stereocenters. The van der Waals surface area contributed by atoms with Crippen molar-refractivity contribution in [1.29, 1.82) is 5.26 Å². The van der Waals surface area contributed by atoms with Crippen LogP contribution >= 0.6 is 23.2 Å². The Morgan fingerprint density at radius 3 is 2.55 bits per heavy atom. The van der Waals surface area contributed by atoms with E-state index in [1.54, 1.807) is 0 Å².